The predicted octanol–water partition coefficient (Wildman–Crippen LogP) is 3.21. The van der Waals surface area contributed by atoms with Gasteiger partial charge in [0.15, 0.2) is 0 Å². The van der Waals surface area contributed by atoms with E-state index in [1.165, 1.54) is 6.21 Å². The maximum absolute atomic E-state index is 11.7. The summed E-state index contributed by atoms with van der Waals surface area (Å²) < 4.78 is 0. The van der Waals surface area contributed by atoms with Gasteiger partial charge in [0.25, 0.3) is 5.91 Å². The molecule has 2 rings (SSSR count). The quantitative estimate of drug-likeness (QED) is 0.658. The minimum absolute atomic E-state index is 0.156. The second kappa shape index (κ2) is 7.45. The highest BCUT2D eigenvalue weighted by molar-refractivity contribution is 6.33. The monoisotopic (exact) mass is 301 g/mol. The lowest BCUT2D eigenvalue weighted by molar-refractivity contribution is -0.119. The van der Waals surface area contributed by atoms with Crippen molar-refractivity contribution in [3.63, 3.8) is 0 Å². The zero-order chi connectivity index (χ0) is 15.1. The van der Waals surface area contributed by atoms with Crippen LogP contribution in [0, 0.1) is 6.92 Å². The summed E-state index contributed by atoms with van der Waals surface area (Å²) in [4.78, 5) is 11.7. The normalized spacial score (nSPS) is 10.6. The summed E-state index contributed by atoms with van der Waals surface area (Å²) in [6.07, 6.45) is 1.52. The van der Waals surface area contributed by atoms with Crippen molar-refractivity contribution in [2.24, 2.45) is 5.10 Å². The van der Waals surface area contributed by atoms with E-state index in [1.807, 2.05) is 49.4 Å². The van der Waals surface area contributed by atoms with Gasteiger partial charge in [-0.25, -0.2) is 5.43 Å². The summed E-state index contributed by atoms with van der Waals surface area (Å²) in [5, 5.41) is 7.51. The summed E-state index contributed by atoms with van der Waals surface area (Å²) in [6.45, 7) is 2.16. The Morgan fingerprint density at radius 3 is 2.81 bits per heavy atom. The van der Waals surface area contributed by atoms with Crippen LogP contribution in [-0.4, -0.2) is 18.7 Å². The molecule has 2 aromatic carbocycles. The van der Waals surface area contributed by atoms with Crippen LogP contribution in [0.4, 0.5) is 5.69 Å². The van der Waals surface area contributed by atoms with Crippen molar-refractivity contribution in [3.05, 3.63) is 64.7 Å². The Morgan fingerprint density at radius 1 is 1.24 bits per heavy atom. The lowest BCUT2D eigenvalue weighted by Gasteiger charge is -2.05. The van der Waals surface area contributed by atoms with Gasteiger partial charge in [-0.05, 0) is 30.7 Å². The third kappa shape index (κ3) is 4.93. The van der Waals surface area contributed by atoms with Crippen molar-refractivity contribution >= 4 is 29.4 Å². The molecule has 0 fully saturated rings. The third-order valence-electron chi connectivity index (χ3n) is 2.77. The Morgan fingerprint density at radius 2 is 2.05 bits per heavy atom. The standard InChI is InChI=1S/C16H16ClN3O/c1-12-5-4-7-14(9-12)18-11-16(21)20-19-10-13-6-2-3-8-15(13)17/h2-10,18H,11H2,1H3,(H,20,21)/b19-10+. The Labute approximate surface area is 128 Å². The molecule has 0 aliphatic heterocycles. The molecule has 0 saturated heterocycles. The molecule has 0 spiro atoms. The maximum atomic E-state index is 11.7. The summed E-state index contributed by atoms with van der Waals surface area (Å²) in [6, 6.07) is 15.1. The number of benzene rings is 2. The van der Waals surface area contributed by atoms with Gasteiger partial charge in [0.05, 0.1) is 12.8 Å². The third-order valence-corrected chi connectivity index (χ3v) is 3.11. The fourth-order valence-electron chi connectivity index (χ4n) is 1.73. The molecule has 2 aromatic rings. The van der Waals surface area contributed by atoms with Gasteiger partial charge >= 0.3 is 0 Å². The predicted molar refractivity (Wildman–Crippen MR) is 86.9 cm³/mol. The van der Waals surface area contributed by atoms with Gasteiger partial charge in [-0.3, -0.25) is 4.79 Å². The van der Waals surface area contributed by atoms with Gasteiger partial charge in [0.2, 0.25) is 0 Å². The van der Waals surface area contributed by atoms with Crippen LogP contribution in [0.25, 0.3) is 0 Å². The Kier molecular flexibility index (Phi) is 5.35. The first-order chi connectivity index (χ1) is 10.1. The van der Waals surface area contributed by atoms with E-state index in [0.29, 0.717) is 5.02 Å². The SMILES string of the molecule is Cc1cccc(NCC(=O)N/N=C/c2ccccc2Cl)c1. The molecule has 0 aliphatic carbocycles. The minimum atomic E-state index is -0.222. The van der Waals surface area contributed by atoms with Gasteiger partial charge in [-0.15, -0.1) is 0 Å². The molecule has 0 aromatic heterocycles. The second-order valence-corrected chi connectivity index (χ2v) is 4.94. The molecule has 4 nitrogen and oxygen atoms in total. The molecule has 1 amide bonds. The van der Waals surface area contributed by atoms with Crippen molar-refractivity contribution in [1.82, 2.24) is 5.43 Å². The number of carbonyl (C=O) groups is 1. The first kappa shape index (κ1) is 15.1. The first-order valence-corrected chi connectivity index (χ1v) is 6.90. The highest BCUT2D eigenvalue weighted by Crippen LogP contribution is 2.12. The molecule has 5 heteroatoms. The van der Waals surface area contributed by atoms with E-state index >= 15 is 0 Å². The summed E-state index contributed by atoms with van der Waals surface area (Å²) >= 11 is 5.98. The summed E-state index contributed by atoms with van der Waals surface area (Å²) in [7, 11) is 0. The fourth-order valence-corrected chi connectivity index (χ4v) is 1.92. The van der Waals surface area contributed by atoms with Crippen LogP contribution in [0.2, 0.25) is 5.02 Å². The number of amides is 1. The van der Waals surface area contributed by atoms with Gasteiger partial charge in [-0.2, -0.15) is 5.10 Å². The van der Waals surface area contributed by atoms with Crippen LogP contribution in [0.15, 0.2) is 53.6 Å². The summed E-state index contributed by atoms with van der Waals surface area (Å²) in [5.74, 6) is -0.222. The maximum Gasteiger partial charge on any atom is 0.259 e. The number of halogens is 1. The number of carbonyl (C=O) groups excluding carboxylic acids is 1. The van der Waals surface area contributed by atoms with E-state index < -0.39 is 0 Å². The van der Waals surface area contributed by atoms with Crippen LogP contribution < -0.4 is 10.7 Å². The Bertz CT molecular complexity index is 655. The van der Waals surface area contributed by atoms with Gasteiger partial charge in [0, 0.05) is 16.3 Å². The first-order valence-electron chi connectivity index (χ1n) is 6.52. The van der Waals surface area contributed by atoms with Crippen molar-refractivity contribution < 1.29 is 4.79 Å². The molecule has 0 bridgehead atoms. The van der Waals surface area contributed by atoms with Crippen molar-refractivity contribution in [2.45, 2.75) is 6.92 Å². The smallest absolute Gasteiger partial charge is 0.259 e. The minimum Gasteiger partial charge on any atom is -0.376 e. The lowest BCUT2D eigenvalue weighted by atomic mass is 10.2. The molecule has 0 unspecified atom stereocenters. The average Bonchev–Trinajstić information content (AvgIpc) is 2.47. The van der Waals surface area contributed by atoms with Crippen molar-refractivity contribution in [1.29, 1.82) is 0 Å². The average molecular weight is 302 g/mol. The molecule has 0 heterocycles. The molecule has 108 valence electrons. The fraction of sp³-hybridized carbons (Fsp3) is 0.125. The zero-order valence-electron chi connectivity index (χ0n) is 11.6. The number of anilines is 1. The van der Waals surface area contributed by atoms with E-state index in [2.05, 4.69) is 15.8 Å². The van der Waals surface area contributed by atoms with E-state index in [9.17, 15) is 4.79 Å². The van der Waals surface area contributed by atoms with Crippen LogP contribution in [-0.2, 0) is 4.79 Å². The lowest BCUT2D eigenvalue weighted by Crippen LogP contribution is -2.25. The molecule has 21 heavy (non-hydrogen) atoms. The van der Waals surface area contributed by atoms with E-state index in [4.69, 9.17) is 11.6 Å². The Balaban J connectivity index is 1.81. The van der Waals surface area contributed by atoms with E-state index in [1.54, 1.807) is 6.07 Å². The van der Waals surface area contributed by atoms with Gasteiger partial charge in [0.1, 0.15) is 0 Å². The van der Waals surface area contributed by atoms with Crippen molar-refractivity contribution in [3.8, 4) is 0 Å². The molecule has 2 N–H and O–H groups in total. The van der Waals surface area contributed by atoms with Crippen molar-refractivity contribution in [2.75, 3.05) is 11.9 Å². The van der Waals surface area contributed by atoms with Gasteiger partial charge < -0.3 is 5.32 Å². The number of hydrogen-bond donors (Lipinski definition) is 2. The molecule has 0 atom stereocenters. The second-order valence-electron chi connectivity index (χ2n) is 4.54. The molecular weight excluding hydrogens is 286 g/mol. The highest BCUT2D eigenvalue weighted by atomic mass is 35.5. The van der Waals surface area contributed by atoms with Crippen LogP contribution in [0.1, 0.15) is 11.1 Å². The van der Waals surface area contributed by atoms with Gasteiger partial charge in [-0.1, -0.05) is 41.9 Å². The topological polar surface area (TPSA) is 53.5 Å². The van der Waals surface area contributed by atoms with E-state index in [0.717, 1.165) is 16.8 Å². The molecular formula is C16H16ClN3O. The van der Waals surface area contributed by atoms with Crippen LogP contribution >= 0.6 is 11.6 Å². The number of hydrazone groups is 1. The summed E-state index contributed by atoms with van der Waals surface area (Å²) in [5.41, 5.74) is 5.25. The number of aryl methyl sites for hydroxylation is 1. The number of hydrogen-bond acceptors (Lipinski definition) is 3. The number of nitrogens with one attached hydrogen (secondary N) is 2. The molecule has 0 saturated carbocycles. The number of rotatable bonds is 5. The highest BCUT2D eigenvalue weighted by Gasteiger charge is 2.00. The van der Waals surface area contributed by atoms with E-state index in [-0.39, 0.29) is 12.5 Å². The van der Waals surface area contributed by atoms with Crippen LogP contribution in [0.3, 0.4) is 0 Å². The zero-order valence-corrected chi connectivity index (χ0v) is 12.4. The number of nitrogens with zero attached hydrogens (tertiary/aromatic N) is 1. The molecule has 0 radical (unpaired) electrons. The largest absolute Gasteiger partial charge is 0.376 e. The van der Waals surface area contributed by atoms with Crippen LogP contribution in [0.5, 0.6) is 0 Å². The Hall–Kier alpha value is -2.33. The molecule has 0 aliphatic rings.